The Morgan fingerprint density at radius 2 is 1.86 bits per heavy atom. The summed E-state index contributed by atoms with van der Waals surface area (Å²) in [5.41, 5.74) is 2.60. The molecule has 2 aromatic rings. The lowest BCUT2D eigenvalue weighted by Gasteiger charge is -2.08. The molecule has 1 aromatic carbocycles. The topological polar surface area (TPSA) is 59.4 Å². The van der Waals surface area contributed by atoms with E-state index >= 15 is 0 Å². The third-order valence-corrected chi connectivity index (χ3v) is 3.16. The molecule has 0 amide bonds. The number of hydrogen-bond donors (Lipinski definition) is 1. The molecule has 4 heteroatoms. The summed E-state index contributed by atoms with van der Waals surface area (Å²) < 4.78 is 5.54. The molecule has 4 nitrogen and oxygen atoms in total. The average Bonchev–Trinajstić information content (AvgIpc) is 2.52. The van der Waals surface area contributed by atoms with Crippen molar-refractivity contribution < 1.29 is 14.6 Å². The number of rotatable bonds is 6. The van der Waals surface area contributed by atoms with E-state index in [9.17, 15) is 4.79 Å². The number of benzene rings is 1. The lowest BCUT2D eigenvalue weighted by atomic mass is 10.1. The van der Waals surface area contributed by atoms with E-state index in [4.69, 9.17) is 9.84 Å². The predicted octanol–water partition coefficient (Wildman–Crippen LogP) is 3.80. The van der Waals surface area contributed by atoms with Crippen molar-refractivity contribution >= 4 is 5.97 Å². The molecule has 0 spiro atoms. The van der Waals surface area contributed by atoms with Gasteiger partial charge in [-0.2, -0.15) is 0 Å². The number of aromatic carboxylic acids is 1. The second kappa shape index (κ2) is 6.88. The van der Waals surface area contributed by atoms with Crippen LogP contribution in [0.4, 0.5) is 0 Å². The number of carboxylic acid groups (broad SMARTS) is 1. The zero-order valence-electron chi connectivity index (χ0n) is 12.3. The van der Waals surface area contributed by atoms with Gasteiger partial charge in [0.15, 0.2) is 0 Å². The maximum Gasteiger partial charge on any atom is 0.337 e. The van der Waals surface area contributed by atoms with Crippen LogP contribution < -0.4 is 4.74 Å². The van der Waals surface area contributed by atoms with Crippen molar-refractivity contribution in [2.24, 2.45) is 0 Å². The number of hydrogen-bond acceptors (Lipinski definition) is 3. The summed E-state index contributed by atoms with van der Waals surface area (Å²) in [4.78, 5) is 15.6. The highest BCUT2D eigenvalue weighted by atomic mass is 16.5. The van der Waals surface area contributed by atoms with Gasteiger partial charge in [-0.3, -0.25) is 4.98 Å². The molecule has 0 saturated carbocycles. The predicted molar refractivity (Wildman–Crippen MR) is 81.8 cm³/mol. The molecule has 0 aliphatic heterocycles. The van der Waals surface area contributed by atoms with E-state index in [0.717, 1.165) is 23.4 Å². The van der Waals surface area contributed by atoms with Crippen LogP contribution in [0.2, 0.25) is 0 Å². The molecule has 1 N–H and O–H groups in total. The van der Waals surface area contributed by atoms with Crippen molar-refractivity contribution in [2.45, 2.75) is 26.7 Å². The van der Waals surface area contributed by atoms with Crippen LogP contribution >= 0.6 is 0 Å². The smallest absolute Gasteiger partial charge is 0.337 e. The van der Waals surface area contributed by atoms with Gasteiger partial charge in [0.1, 0.15) is 5.75 Å². The summed E-state index contributed by atoms with van der Waals surface area (Å²) in [7, 11) is 0. The minimum absolute atomic E-state index is 0.268. The van der Waals surface area contributed by atoms with Crippen LogP contribution in [0, 0.1) is 0 Å². The van der Waals surface area contributed by atoms with Gasteiger partial charge in [0, 0.05) is 5.56 Å². The number of aromatic nitrogens is 1. The highest BCUT2D eigenvalue weighted by Gasteiger charge is 2.11. The van der Waals surface area contributed by atoms with E-state index in [1.54, 1.807) is 12.1 Å². The van der Waals surface area contributed by atoms with Crippen LogP contribution in [0.5, 0.6) is 5.75 Å². The molecule has 0 saturated heterocycles. The van der Waals surface area contributed by atoms with Gasteiger partial charge in [0.2, 0.25) is 0 Å². The van der Waals surface area contributed by atoms with Gasteiger partial charge >= 0.3 is 5.97 Å². The van der Waals surface area contributed by atoms with Crippen LogP contribution in [-0.2, 0) is 6.42 Å². The van der Waals surface area contributed by atoms with Gasteiger partial charge in [-0.05, 0) is 49.2 Å². The van der Waals surface area contributed by atoms with Crippen LogP contribution in [0.1, 0.15) is 36.3 Å². The molecule has 0 fully saturated rings. The van der Waals surface area contributed by atoms with Crippen LogP contribution in [0.25, 0.3) is 11.3 Å². The van der Waals surface area contributed by atoms with Gasteiger partial charge in [-0.1, -0.05) is 13.8 Å². The molecule has 21 heavy (non-hydrogen) atoms. The molecule has 2 rings (SSSR count). The Bertz CT molecular complexity index is 620. The fourth-order valence-corrected chi connectivity index (χ4v) is 2.07. The number of nitrogens with zero attached hydrogens (tertiary/aromatic N) is 1. The van der Waals surface area contributed by atoms with E-state index in [2.05, 4.69) is 11.9 Å². The highest BCUT2D eigenvalue weighted by molar-refractivity contribution is 5.89. The Balaban J connectivity index is 2.27. The maximum atomic E-state index is 11.1. The second-order valence-corrected chi connectivity index (χ2v) is 4.72. The van der Waals surface area contributed by atoms with Crippen LogP contribution in [0.3, 0.4) is 0 Å². The first-order valence-corrected chi connectivity index (χ1v) is 7.12. The summed E-state index contributed by atoms with van der Waals surface area (Å²) >= 11 is 0. The molecule has 0 radical (unpaired) electrons. The van der Waals surface area contributed by atoms with E-state index in [1.165, 1.54) is 0 Å². The van der Waals surface area contributed by atoms with Crippen molar-refractivity contribution in [1.82, 2.24) is 4.98 Å². The maximum absolute atomic E-state index is 11.1. The van der Waals surface area contributed by atoms with Crippen molar-refractivity contribution in [3.63, 3.8) is 0 Å². The number of carbonyl (C=O) groups is 1. The molecular formula is C17H19NO3. The average molecular weight is 285 g/mol. The number of ether oxygens (including phenoxy) is 1. The molecule has 0 unspecified atom stereocenters. The summed E-state index contributed by atoms with van der Waals surface area (Å²) in [5.74, 6) is -0.104. The van der Waals surface area contributed by atoms with E-state index in [1.807, 2.05) is 31.2 Å². The third kappa shape index (κ3) is 3.60. The first-order chi connectivity index (χ1) is 10.2. The van der Waals surface area contributed by atoms with Crippen molar-refractivity contribution in [2.75, 3.05) is 6.61 Å². The van der Waals surface area contributed by atoms with Crippen LogP contribution in [0.15, 0.2) is 36.4 Å². The van der Waals surface area contributed by atoms with Crippen molar-refractivity contribution in [3.05, 3.63) is 47.7 Å². The van der Waals surface area contributed by atoms with E-state index in [0.29, 0.717) is 18.7 Å². The van der Waals surface area contributed by atoms with E-state index in [-0.39, 0.29) is 5.56 Å². The first kappa shape index (κ1) is 15.0. The molecule has 1 aromatic heterocycles. The Morgan fingerprint density at radius 1 is 1.14 bits per heavy atom. The van der Waals surface area contributed by atoms with Gasteiger partial charge in [0.05, 0.1) is 23.6 Å². The molecule has 110 valence electrons. The number of aryl methyl sites for hydroxylation is 1. The van der Waals surface area contributed by atoms with Crippen molar-refractivity contribution in [3.8, 4) is 17.0 Å². The Labute approximate surface area is 124 Å². The monoisotopic (exact) mass is 285 g/mol. The summed E-state index contributed by atoms with van der Waals surface area (Å²) in [5, 5.41) is 9.12. The highest BCUT2D eigenvalue weighted by Crippen LogP contribution is 2.22. The van der Waals surface area contributed by atoms with Gasteiger partial charge in [-0.25, -0.2) is 4.79 Å². The fraction of sp³-hybridized carbons (Fsp3) is 0.294. The third-order valence-electron chi connectivity index (χ3n) is 3.16. The fourth-order valence-electron chi connectivity index (χ4n) is 2.07. The molecule has 0 atom stereocenters. The lowest BCUT2D eigenvalue weighted by molar-refractivity contribution is 0.0695. The van der Waals surface area contributed by atoms with Crippen LogP contribution in [-0.4, -0.2) is 22.7 Å². The summed E-state index contributed by atoms with van der Waals surface area (Å²) in [6.45, 7) is 4.67. The lowest BCUT2D eigenvalue weighted by Crippen LogP contribution is -2.04. The Morgan fingerprint density at radius 3 is 2.43 bits per heavy atom. The Hall–Kier alpha value is -2.36. The molecule has 0 bridgehead atoms. The SMILES string of the molecule is CCCOc1ccc(-c2ccc(C(=O)O)c(CC)n2)cc1. The number of carboxylic acids is 1. The quantitative estimate of drug-likeness (QED) is 0.877. The second-order valence-electron chi connectivity index (χ2n) is 4.72. The van der Waals surface area contributed by atoms with Gasteiger partial charge in [0.25, 0.3) is 0 Å². The number of pyridine rings is 1. The first-order valence-electron chi connectivity index (χ1n) is 7.12. The Kier molecular flexibility index (Phi) is 4.93. The summed E-state index contributed by atoms with van der Waals surface area (Å²) in [6.07, 6.45) is 1.56. The van der Waals surface area contributed by atoms with Gasteiger partial charge < -0.3 is 9.84 Å². The standard InChI is InChI=1S/C17H19NO3/c1-3-11-21-13-7-5-12(6-8-13)16-10-9-14(17(19)20)15(4-2)18-16/h5-10H,3-4,11H2,1-2H3,(H,19,20). The molecule has 0 aliphatic rings. The zero-order chi connectivity index (χ0) is 15.2. The normalized spacial score (nSPS) is 10.4. The van der Waals surface area contributed by atoms with E-state index < -0.39 is 5.97 Å². The molecular weight excluding hydrogens is 266 g/mol. The zero-order valence-corrected chi connectivity index (χ0v) is 12.3. The molecule has 0 aliphatic carbocycles. The van der Waals surface area contributed by atoms with Gasteiger partial charge in [-0.15, -0.1) is 0 Å². The minimum Gasteiger partial charge on any atom is -0.494 e. The summed E-state index contributed by atoms with van der Waals surface area (Å²) in [6, 6.07) is 11.0. The van der Waals surface area contributed by atoms with Crippen molar-refractivity contribution in [1.29, 1.82) is 0 Å². The molecule has 1 heterocycles. The minimum atomic E-state index is -0.936. The largest absolute Gasteiger partial charge is 0.494 e.